The molecule has 0 saturated carbocycles. The number of Topliss-reactive ketones (excluding diaryl/α,β-unsaturated/α-hetero) is 2. The Morgan fingerprint density at radius 1 is 0.941 bits per heavy atom. The standard InChI is InChI=1S/C15H10O2/c1-3-9-15(10-4-2)13(16)11-7-5-6-8-12(11)14(15)17/h1-2,5-8H,9-10H2. The van der Waals surface area contributed by atoms with E-state index in [4.69, 9.17) is 12.8 Å². The normalized spacial score (nSPS) is 16.1. The van der Waals surface area contributed by atoms with Crippen molar-refractivity contribution in [1.82, 2.24) is 0 Å². The van der Waals surface area contributed by atoms with Crippen molar-refractivity contribution in [3.8, 4) is 24.7 Å². The summed E-state index contributed by atoms with van der Waals surface area (Å²) in [6.45, 7) is 0. The number of rotatable bonds is 2. The van der Waals surface area contributed by atoms with Crippen LogP contribution in [0.1, 0.15) is 33.6 Å². The minimum absolute atomic E-state index is 0.0591. The molecule has 82 valence electrons. The highest BCUT2D eigenvalue weighted by molar-refractivity contribution is 6.29. The summed E-state index contributed by atoms with van der Waals surface area (Å²) in [5.74, 6) is 4.30. The highest BCUT2D eigenvalue weighted by Crippen LogP contribution is 2.41. The lowest BCUT2D eigenvalue weighted by Gasteiger charge is -2.20. The van der Waals surface area contributed by atoms with Gasteiger partial charge in [0, 0.05) is 24.0 Å². The monoisotopic (exact) mass is 222 g/mol. The van der Waals surface area contributed by atoms with Crippen LogP contribution in [0.2, 0.25) is 0 Å². The zero-order valence-electron chi connectivity index (χ0n) is 9.19. The number of hydrogen-bond acceptors (Lipinski definition) is 2. The van der Waals surface area contributed by atoms with Gasteiger partial charge in [0.1, 0.15) is 5.41 Å². The predicted octanol–water partition coefficient (Wildman–Crippen LogP) is 2.10. The largest absolute Gasteiger partial charge is 0.293 e. The van der Waals surface area contributed by atoms with Crippen molar-refractivity contribution in [2.45, 2.75) is 12.8 Å². The van der Waals surface area contributed by atoms with E-state index in [2.05, 4.69) is 11.8 Å². The Labute approximate surface area is 100 Å². The minimum atomic E-state index is -1.23. The first-order valence-electron chi connectivity index (χ1n) is 5.23. The molecular formula is C15H10O2. The number of ketones is 2. The van der Waals surface area contributed by atoms with Crippen molar-refractivity contribution in [1.29, 1.82) is 0 Å². The molecule has 0 N–H and O–H groups in total. The maximum absolute atomic E-state index is 12.3. The molecule has 0 atom stereocenters. The molecule has 17 heavy (non-hydrogen) atoms. The van der Waals surface area contributed by atoms with Gasteiger partial charge in [0.2, 0.25) is 0 Å². The van der Waals surface area contributed by atoms with Crippen LogP contribution in [0.3, 0.4) is 0 Å². The maximum atomic E-state index is 12.3. The Morgan fingerprint density at radius 3 is 1.71 bits per heavy atom. The molecule has 0 aromatic heterocycles. The van der Waals surface area contributed by atoms with Crippen molar-refractivity contribution >= 4 is 11.6 Å². The van der Waals surface area contributed by atoms with Crippen LogP contribution in [0.5, 0.6) is 0 Å². The van der Waals surface area contributed by atoms with Gasteiger partial charge in [-0.2, -0.15) is 0 Å². The van der Waals surface area contributed by atoms with E-state index in [1.54, 1.807) is 24.3 Å². The van der Waals surface area contributed by atoms with Crippen LogP contribution >= 0.6 is 0 Å². The molecular weight excluding hydrogens is 212 g/mol. The number of fused-ring (bicyclic) bond motifs is 1. The smallest absolute Gasteiger partial charge is 0.179 e. The molecule has 0 bridgehead atoms. The summed E-state index contributed by atoms with van der Waals surface area (Å²) >= 11 is 0. The number of benzene rings is 1. The fourth-order valence-electron chi connectivity index (χ4n) is 2.23. The van der Waals surface area contributed by atoms with E-state index in [9.17, 15) is 9.59 Å². The summed E-state index contributed by atoms with van der Waals surface area (Å²) in [7, 11) is 0. The van der Waals surface area contributed by atoms with E-state index >= 15 is 0 Å². The van der Waals surface area contributed by atoms with Crippen LogP contribution in [0.15, 0.2) is 24.3 Å². The van der Waals surface area contributed by atoms with Gasteiger partial charge in [-0.1, -0.05) is 24.3 Å². The van der Waals surface area contributed by atoms with Gasteiger partial charge in [0.15, 0.2) is 11.6 Å². The van der Waals surface area contributed by atoms with Crippen LogP contribution in [0.25, 0.3) is 0 Å². The first kappa shape index (κ1) is 11.2. The highest BCUT2D eigenvalue weighted by atomic mass is 16.2. The van der Waals surface area contributed by atoms with Gasteiger partial charge in [0.25, 0.3) is 0 Å². The zero-order chi connectivity index (χ0) is 12.5. The Hall–Kier alpha value is -2.32. The van der Waals surface area contributed by atoms with E-state index in [0.717, 1.165) is 0 Å². The van der Waals surface area contributed by atoms with Crippen molar-refractivity contribution in [2.75, 3.05) is 0 Å². The molecule has 0 amide bonds. The van der Waals surface area contributed by atoms with Gasteiger partial charge >= 0.3 is 0 Å². The van der Waals surface area contributed by atoms with E-state index in [0.29, 0.717) is 11.1 Å². The molecule has 0 aliphatic heterocycles. The van der Waals surface area contributed by atoms with Crippen LogP contribution in [0, 0.1) is 30.1 Å². The molecule has 0 heterocycles. The van der Waals surface area contributed by atoms with Gasteiger partial charge in [-0.15, -0.1) is 24.7 Å². The summed E-state index contributed by atoms with van der Waals surface area (Å²) in [5.41, 5.74) is -0.362. The number of carbonyl (C=O) groups excluding carboxylic acids is 2. The fraction of sp³-hybridized carbons (Fsp3) is 0.200. The molecule has 0 radical (unpaired) electrons. The molecule has 2 rings (SSSR count). The van der Waals surface area contributed by atoms with E-state index < -0.39 is 5.41 Å². The summed E-state index contributed by atoms with van der Waals surface area (Å²) in [4.78, 5) is 24.6. The van der Waals surface area contributed by atoms with Gasteiger partial charge in [-0.3, -0.25) is 9.59 Å². The van der Waals surface area contributed by atoms with Crippen LogP contribution < -0.4 is 0 Å². The molecule has 0 spiro atoms. The van der Waals surface area contributed by atoms with Gasteiger partial charge < -0.3 is 0 Å². The summed E-state index contributed by atoms with van der Waals surface area (Å²) in [5, 5.41) is 0. The fourth-order valence-corrected chi connectivity index (χ4v) is 2.23. The average Bonchev–Trinajstić information content (AvgIpc) is 2.54. The van der Waals surface area contributed by atoms with Crippen LogP contribution in [-0.4, -0.2) is 11.6 Å². The third kappa shape index (κ3) is 1.39. The summed E-state index contributed by atoms with van der Waals surface area (Å²) < 4.78 is 0. The average molecular weight is 222 g/mol. The van der Waals surface area contributed by atoms with Gasteiger partial charge in [-0.05, 0) is 0 Å². The Morgan fingerprint density at radius 2 is 1.35 bits per heavy atom. The maximum Gasteiger partial charge on any atom is 0.179 e. The number of terminal acetylenes is 2. The summed E-state index contributed by atoms with van der Waals surface area (Å²) in [6, 6.07) is 6.74. The van der Waals surface area contributed by atoms with E-state index in [1.807, 2.05) is 0 Å². The third-order valence-corrected chi connectivity index (χ3v) is 3.09. The van der Waals surface area contributed by atoms with Gasteiger partial charge in [0.05, 0.1) is 0 Å². The highest BCUT2D eigenvalue weighted by Gasteiger charge is 2.51. The Kier molecular flexibility index (Phi) is 2.58. The molecule has 1 aromatic carbocycles. The second-order valence-electron chi connectivity index (χ2n) is 4.05. The predicted molar refractivity (Wildman–Crippen MR) is 64.4 cm³/mol. The molecule has 1 aliphatic carbocycles. The summed E-state index contributed by atoms with van der Waals surface area (Å²) in [6.07, 6.45) is 10.6. The molecule has 1 aromatic rings. The second kappa shape index (κ2) is 3.92. The SMILES string of the molecule is C#CCC1(CC#C)C(=O)c2ccccc2C1=O. The third-order valence-electron chi connectivity index (χ3n) is 3.09. The van der Waals surface area contributed by atoms with Crippen molar-refractivity contribution in [3.63, 3.8) is 0 Å². The molecule has 2 heteroatoms. The molecule has 0 fully saturated rings. The minimum Gasteiger partial charge on any atom is -0.293 e. The first-order chi connectivity index (χ1) is 8.17. The van der Waals surface area contributed by atoms with Crippen molar-refractivity contribution in [3.05, 3.63) is 35.4 Å². The zero-order valence-corrected chi connectivity index (χ0v) is 9.19. The topological polar surface area (TPSA) is 34.1 Å². The van der Waals surface area contributed by atoms with Crippen molar-refractivity contribution in [2.24, 2.45) is 5.41 Å². The molecule has 0 saturated heterocycles. The van der Waals surface area contributed by atoms with E-state index in [1.165, 1.54) is 0 Å². The quantitative estimate of drug-likeness (QED) is 0.567. The molecule has 1 aliphatic rings. The Bertz CT molecular complexity index is 529. The van der Waals surface area contributed by atoms with Gasteiger partial charge in [-0.25, -0.2) is 0 Å². The second-order valence-corrected chi connectivity index (χ2v) is 4.05. The Balaban J connectivity index is 2.62. The number of hydrogen-bond donors (Lipinski definition) is 0. The number of carbonyl (C=O) groups is 2. The van der Waals surface area contributed by atoms with Crippen molar-refractivity contribution < 1.29 is 9.59 Å². The molecule has 0 unspecified atom stereocenters. The first-order valence-corrected chi connectivity index (χ1v) is 5.23. The lowest BCUT2D eigenvalue weighted by atomic mass is 9.77. The van der Waals surface area contributed by atoms with Crippen LogP contribution in [-0.2, 0) is 0 Å². The lowest BCUT2D eigenvalue weighted by molar-refractivity contribution is 0.0709. The lowest BCUT2D eigenvalue weighted by Crippen LogP contribution is -2.32. The molecule has 2 nitrogen and oxygen atoms in total. The van der Waals surface area contributed by atoms with E-state index in [-0.39, 0.29) is 24.4 Å². The van der Waals surface area contributed by atoms with Crippen LogP contribution in [0.4, 0.5) is 0 Å².